The summed E-state index contributed by atoms with van der Waals surface area (Å²) in [5, 5.41) is 1.02. The second-order valence-corrected chi connectivity index (χ2v) is 4.73. The molecular weight excluding hydrogens is 212 g/mol. The smallest absolute Gasteiger partial charge is 0.254 e. The van der Waals surface area contributed by atoms with E-state index in [1.165, 1.54) is 0 Å². The Morgan fingerprint density at radius 1 is 1.41 bits per heavy atom. The van der Waals surface area contributed by atoms with Gasteiger partial charge >= 0.3 is 0 Å². The lowest BCUT2D eigenvalue weighted by Crippen LogP contribution is -2.33. The number of carbonyl (C=O) groups is 1. The van der Waals surface area contributed by atoms with Crippen molar-refractivity contribution in [3.63, 3.8) is 0 Å². The van der Waals surface area contributed by atoms with Crippen molar-refractivity contribution >= 4 is 16.8 Å². The molecule has 3 rings (SSSR count). The third-order valence-corrected chi connectivity index (χ3v) is 3.64. The lowest BCUT2D eigenvalue weighted by Gasteiger charge is -2.21. The van der Waals surface area contributed by atoms with Crippen LogP contribution in [0.2, 0.25) is 0 Å². The molecule has 3 heteroatoms. The summed E-state index contributed by atoms with van der Waals surface area (Å²) in [6, 6.07) is 8.20. The highest BCUT2D eigenvalue weighted by Crippen LogP contribution is 2.23. The second-order valence-electron chi connectivity index (χ2n) is 4.73. The number of H-pyrrole nitrogens is 1. The van der Waals surface area contributed by atoms with E-state index in [4.69, 9.17) is 0 Å². The number of hydrogen-bond donors (Lipinski definition) is 1. The maximum Gasteiger partial charge on any atom is 0.254 e. The molecule has 1 aliphatic heterocycles. The normalized spacial score (nSPS) is 20.1. The van der Waals surface area contributed by atoms with Crippen molar-refractivity contribution in [3.8, 4) is 0 Å². The van der Waals surface area contributed by atoms with E-state index < -0.39 is 0 Å². The van der Waals surface area contributed by atoms with Crippen molar-refractivity contribution in [2.45, 2.75) is 25.8 Å². The lowest BCUT2D eigenvalue weighted by atomic mass is 10.1. The predicted molar refractivity (Wildman–Crippen MR) is 68.0 cm³/mol. The molecule has 0 radical (unpaired) electrons. The van der Waals surface area contributed by atoms with E-state index in [0.717, 1.165) is 35.9 Å². The topological polar surface area (TPSA) is 36.1 Å². The van der Waals surface area contributed by atoms with E-state index in [1.54, 1.807) is 0 Å². The molecule has 0 aliphatic carbocycles. The Labute approximate surface area is 100 Å². The molecule has 1 aromatic carbocycles. The van der Waals surface area contributed by atoms with Gasteiger partial charge in [-0.15, -0.1) is 0 Å². The average molecular weight is 228 g/mol. The van der Waals surface area contributed by atoms with Gasteiger partial charge in [-0.3, -0.25) is 4.79 Å². The number of aromatic amines is 1. The molecule has 1 aromatic heterocycles. The molecule has 17 heavy (non-hydrogen) atoms. The third-order valence-electron chi connectivity index (χ3n) is 3.64. The van der Waals surface area contributed by atoms with Crippen LogP contribution < -0.4 is 0 Å². The highest BCUT2D eigenvalue weighted by Gasteiger charge is 2.26. The number of carbonyl (C=O) groups excluding carboxylic acids is 1. The van der Waals surface area contributed by atoms with Crippen LogP contribution in [0.4, 0.5) is 0 Å². The summed E-state index contributed by atoms with van der Waals surface area (Å²) >= 11 is 0. The van der Waals surface area contributed by atoms with Gasteiger partial charge in [0.2, 0.25) is 0 Å². The maximum absolute atomic E-state index is 12.5. The molecular formula is C14H16N2O. The van der Waals surface area contributed by atoms with Crippen LogP contribution in [-0.4, -0.2) is 28.4 Å². The van der Waals surface area contributed by atoms with Crippen LogP contribution in [0.1, 0.15) is 30.1 Å². The van der Waals surface area contributed by atoms with Crippen LogP contribution in [0, 0.1) is 0 Å². The molecule has 1 N–H and O–H groups in total. The number of amides is 1. The van der Waals surface area contributed by atoms with Gasteiger partial charge in [-0.2, -0.15) is 0 Å². The number of aromatic nitrogens is 1. The van der Waals surface area contributed by atoms with Crippen molar-refractivity contribution in [2.75, 3.05) is 6.54 Å². The van der Waals surface area contributed by atoms with Crippen molar-refractivity contribution in [1.82, 2.24) is 9.88 Å². The Hall–Kier alpha value is -1.77. The number of benzene rings is 1. The van der Waals surface area contributed by atoms with E-state index in [1.807, 2.05) is 35.4 Å². The minimum atomic E-state index is 0.167. The fourth-order valence-electron chi connectivity index (χ4n) is 2.66. The molecule has 1 fully saturated rings. The minimum absolute atomic E-state index is 0.167. The zero-order chi connectivity index (χ0) is 11.8. The summed E-state index contributed by atoms with van der Waals surface area (Å²) in [5.74, 6) is 0.167. The van der Waals surface area contributed by atoms with Gasteiger partial charge in [0.05, 0.1) is 0 Å². The van der Waals surface area contributed by atoms with Gasteiger partial charge in [-0.1, -0.05) is 6.07 Å². The zero-order valence-electron chi connectivity index (χ0n) is 9.94. The van der Waals surface area contributed by atoms with E-state index in [2.05, 4.69) is 11.9 Å². The first-order chi connectivity index (χ1) is 8.27. The molecule has 1 atom stereocenters. The predicted octanol–water partition coefficient (Wildman–Crippen LogP) is 2.79. The molecule has 2 heterocycles. The molecule has 1 unspecified atom stereocenters. The second kappa shape index (κ2) is 3.91. The van der Waals surface area contributed by atoms with Crippen LogP contribution in [0.5, 0.6) is 0 Å². The number of nitrogens with zero attached hydrogens (tertiary/aromatic N) is 1. The SMILES string of the molecule is CC1CCCN1C(=O)c1cccc2[nH]ccc12. The Morgan fingerprint density at radius 2 is 2.29 bits per heavy atom. The van der Waals surface area contributed by atoms with Crippen LogP contribution in [0.15, 0.2) is 30.5 Å². The molecule has 0 saturated carbocycles. The molecule has 0 bridgehead atoms. The number of rotatable bonds is 1. The van der Waals surface area contributed by atoms with Crippen LogP contribution in [0.3, 0.4) is 0 Å². The molecule has 1 saturated heterocycles. The summed E-state index contributed by atoms with van der Waals surface area (Å²) in [7, 11) is 0. The molecule has 3 nitrogen and oxygen atoms in total. The minimum Gasteiger partial charge on any atom is -0.361 e. The lowest BCUT2D eigenvalue weighted by molar-refractivity contribution is 0.0749. The third kappa shape index (κ3) is 1.62. The van der Waals surface area contributed by atoms with Crippen molar-refractivity contribution < 1.29 is 4.79 Å². The molecule has 1 amide bonds. The van der Waals surface area contributed by atoms with Crippen LogP contribution in [-0.2, 0) is 0 Å². The van der Waals surface area contributed by atoms with Crippen molar-refractivity contribution in [2.24, 2.45) is 0 Å². The van der Waals surface area contributed by atoms with Gasteiger partial charge in [0, 0.05) is 35.2 Å². The van der Waals surface area contributed by atoms with Gasteiger partial charge < -0.3 is 9.88 Å². The van der Waals surface area contributed by atoms with Gasteiger partial charge in [0.15, 0.2) is 0 Å². The highest BCUT2D eigenvalue weighted by atomic mass is 16.2. The van der Waals surface area contributed by atoms with Crippen LogP contribution >= 0.6 is 0 Å². The van der Waals surface area contributed by atoms with E-state index >= 15 is 0 Å². The summed E-state index contributed by atoms with van der Waals surface area (Å²) < 4.78 is 0. The maximum atomic E-state index is 12.5. The summed E-state index contributed by atoms with van der Waals surface area (Å²) in [6.45, 7) is 3.02. The summed E-state index contributed by atoms with van der Waals surface area (Å²) in [6.07, 6.45) is 4.12. The highest BCUT2D eigenvalue weighted by molar-refractivity contribution is 6.06. The van der Waals surface area contributed by atoms with E-state index in [9.17, 15) is 4.79 Å². The monoisotopic (exact) mass is 228 g/mol. The Bertz CT molecular complexity index is 558. The van der Waals surface area contributed by atoms with Gasteiger partial charge in [-0.25, -0.2) is 0 Å². The molecule has 88 valence electrons. The number of nitrogens with one attached hydrogen (secondary N) is 1. The number of fused-ring (bicyclic) bond motifs is 1. The largest absolute Gasteiger partial charge is 0.361 e. The Balaban J connectivity index is 2.03. The first-order valence-electron chi connectivity index (χ1n) is 6.14. The fourth-order valence-corrected chi connectivity index (χ4v) is 2.66. The Morgan fingerprint density at radius 3 is 3.06 bits per heavy atom. The fraction of sp³-hybridized carbons (Fsp3) is 0.357. The van der Waals surface area contributed by atoms with Crippen LogP contribution in [0.25, 0.3) is 10.9 Å². The molecule has 1 aliphatic rings. The van der Waals surface area contributed by atoms with E-state index in [0.29, 0.717) is 6.04 Å². The van der Waals surface area contributed by atoms with Crippen molar-refractivity contribution in [1.29, 1.82) is 0 Å². The van der Waals surface area contributed by atoms with Gasteiger partial charge in [0.1, 0.15) is 0 Å². The number of likely N-dealkylation sites (tertiary alicyclic amines) is 1. The first kappa shape index (κ1) is 10.4. The summed E-state index contributed by atoms with van der Waals surface area (Å²) in [5.41, 5.74) is 1.85. The van der Waals surface area contributed by atoms with Crippen molar-refractivity contribution in [3.05, 3.63) is 36.0 Å². The first-order valence-corrected chi connectivity index (χ1v) is 6.14. The quantitative estimate of drug-likeness (QED) is 0.800. The average Bonchev–Trinajstić information content (AvgIpc) is 2.95. The standard InChI is InChI=1S/C14H16N2O/c1-10-4-3-9-16(10)14(17)12-5-2-6-13-11(12)7-8-15-13/h2,5-8,10,15H,3-4,9H2,1H3. The number of hydrogen-bond acceptors (Lipinski definition) is 1. The van der Waals surface area contributed by atoms with Gasteiger partial charge in [-0.05, 0) is 38.0 Å². The molecule has 2 aromatic rings. The van der Waals surface area contributed by atoms with Gasteiger partial charge in [0.25, 0.3) is 5.91 Å². The summed E-state index contributed by atoms with van der Waals surface area (Å²) in [4.78, 5) is 17.6. The molecule has 0 spiro atoms. The zero-order valence-corrected chi connectivity index (χ0v) is 9.94. The van der Waals surface area contributed by atoms with E-state index in [-0.39, 0.29) is 5.91 Å². The Kier molecular flexibility index (Phi) is 2.39.